The molecule has 0 aliphatic carbocycles. The smallest absolute Gasteiger partial charge is 0.324 e. The number of halogens is 3. The van der Waals surface area contributed by atoms with Crippen LogP contribution in [0.5, 0.6) is 0 Å². The minimum absolute atomic E-state index is 0.183. The molecule has 1 rings (SSSR count). The van der Waals surface area contributed by atoms with Gasteiger partial charge >= 0.3 is 6.18 Å². The number of nitrogens with zero attached hydrogens (tertiary/aromatic N) is 1. The van der Waals surface area contributed by atoms with Gasteiger partial charge in [-0.3, -0.25) is 10.1 Å². The van der Waals surface area contributed by atoms with Gasteiger partial charge in [-0.15, -0.1) is 0 Å². The molecule has 0 heterocycles. The fourth-order valence-corrected chi connectivity index (χ4v) is 2.88. The maximum atomic E-state index is 13.0. The summed E-state index contributed by atoms with van der Waals surface area (Å²) in [5.41, 5.74) is 2.13. The second-order valence-corrected chi connectivity index (χ2v) is 6.98. The van der Waals surface area contributed by atoms with Crippen molar-refractivity contribution in [2.75, 3.05) is 6.54 Å². The first-order chi connectivity index (χ1) is 9.74. The van der Waals surface area contributed by atoms with E-state index in [9.17, 15) is 31.7 Å². The summed E-state index contributed by atoms with van der Waals surface area (Å²) in [6, 6.07) is 1.42. The van der Waals surface area contributed by atoms with E-state index in [4.69, 9.17) is 5.73 Å². The minimum Gasteiger partial charge on any atom is -0.324 e. The Labute approximate surface area is 124 Å². The summed E-state index contributed by atoms with van der Waals surface area (Å²) < 4.78 is 64.8. The Balaban J connectivity index is 3.37. The zero-order chi connectivity index (χ0) is 17.3. The third-order valence-corrected chi connectivity index (χ3v) is 3.95. The average Bonchev–Trinajstić information content (AvgIpc) is 2.34. The Hall–Kier alpha value is -1.72. The van der Waals surface area contributed by atoms with Crippen molar-refractivity contribution in [3.63, 3.8) is 0 Å². The van der Waals surface area contributed by atoms with Gasteiger partial charge in [0, 0.05) is 24.2 Å². The monoisotopic (exact) mass is 341 g/mol. The van der Waals surface area contributed by atoms with Gasteiger partial charge in [-0.2, -0.15) is 13.2 Å². The van der Waals surface area contributed by atoms with Crippen molar-refractivity contribution < 1.29 is 26.5 Å². The van der Waals surface area contributed by atoms with E-state index in [1.807, 2.05) is 4.72 Å². The van der Waals surface area contributed by atoms with Crippen LogP contribution in [0.25, 0.3) is 0 Å². The summed E-state index contributed by atoms with van der Waals surface area (Å²) in [5.74, 6) is 0. The molecule has 1 aromatic rings. The maximum absolute atomic E-state index is 13.0. The van der Waals surface area contributed by atoms with Crippen LogP contribution in [0.1, 0.15) is 19.4 Å². The lowest BCUT2D eigenvalue weighted by Crippen LogP contribution is -2.45. The van der Waals surface area contributed by atoms with Gasteiger partial charge in [-0.1, -0.05) is 0 Å². The zero-order valence-corrected chi connectivity index (χ0v) is 12.5. The normalized spacial score (nSPS) is 13.2. The number of nitro benzene ring substituents is 1. The number of rotatable bonds is 5. The predicted molar refractivity (Wildman–Crippen MR) is 71.6 cm³/mol. The van der Waals surface area contributed by atoms with E-state index >= 15 is 0 Å². The van der Waals surface area contributed by atoms with Crippen LogP contribution in [-0.2, 0) is 16.2 Å². The third kappa shape index (κ3) is 4.64. The molecule has 0 saturated heterocycles. The fourth-order valence-electron chi connectivity index (χ4n) is 1.45. The molecule has 0 aliphatic rings. The number of nitro groups is 1. The Morgan fingerprint density at radius 3 is 2.27 bits per heavy atom. The molecular formula is C11H14F3N3O4S. The largest absolute Gasteiger partial charge is 0.417 e. The number of non-ortho nitro benzene ring substituents is 1. The van der Waals surface area contributed by atoms with Gasteiger partial charge in [0.25, 0.3) is 5.69 Å². The van der Waals surface area contributed by atoms with Crippen molar-refractivity contribution in [1.82, 2.24) is 4.72 Å². The van der Waals surface area contributed by atoms with Gasteiger partial charge in [0.1, 0.15) is 0 Å². The lowest BCUT2D eigenvalue weighted by molar-refractivity contribution is -0.385. The highest BCUT2D eigenvalue weighted by Gasteiger charge is 2.39. The number of nitrogens with two attached hydrogens (primary N) is 1. The summed E-state index contributed by atoms with van der Waals surface area (Å²) in [7, 11) is -4.52. The fraction of sp³-hybridized carbons (Fsp3) is 0.455. The van der Waals surface area contributed by atoms with E-state index in [1.54, 1.807) is 0 Å². The molecule has 0 fully saturated rings. The van der Waals surface area contributed by atoms with Crippen molar-refractivity contribution in [2.45, 2.75) is 30.5 Å². The molecule has 0 atom stereocenters. The van der Waals surface area contributed by atoms with Crippen molar-refractivity contribution in [3.8, 4) is 0 Å². The minimum atomic E-state index is -5.06. The summed E-state index contributed by atoms with van der Waals surface area (Å²) in [6.07, 6.45) is -5.06. The summed E-state index contributed by atoms with van der Waals surface area (Å²) in [5, 5.41) is 10.6. The number of sulfonamides is 1. The van der Waals surface area contributed by atoms with Gasteiger partial charge in [-0.05, 0) is 19.9 Å². The van der Waals surface area contributed by atoms with E-state index in [0.29, 0.717) is 12.1 Å². The second-order valence-electron chi connectivity index (χ2n) is 5.25. The molecule has 0 unspecified atom stereocenters. The number of hydrogen-bond acceptors (Lipinski definition) is 5. The lowest BCUT2D eigenvalue weighted by atomic mass is 10.1. The van der Waals surface area contributed by atoms with Crippen LogP contribution >= 0.6 is 0 Å². The Kier molecular flexibility index (Phi) is 4.85. The molecule has 0 aromatic heterocycles. The van der Waals surface area contributed by atoms with Crippen LogP contribution in [0, 0.1) is 10.1 Å². The van der Waals surface area contributed by atoms with E-state index in [2.05, 4.69) is 0 Å². The molecule has 124 valence electrons. The van der Waals surface area contributed by atoms with Crippen LogP contribution in [0.4, 0.5) is 18.9 Å². The summed E-state index contributed by atoms with van der Waals surface area (Å²) >= 11 is 0. The summed E-state index contributed by atoms with van der Waals surface area (Å²) in [6.45, 7) is 2.66. The quantitative estimate of drug-likeness (QED) is 0.624. The van der Waals surface area contributed by atoms with Crippen LogP contribution in [0.3, 0.4) is 0 Å². The molecule has 0 saturated carbocycles. The van der Waals surface area contributed by atoms with Crippen molar-refractivity contribution in [2.24, 2.45) is 5.73 Å². The second kappa shape index (κ2) is 5.82. The predicted octanol–water partition coefficient (Wildman–Crippen LogP) is 1.63. The Bertz CT molecular complexity index is 681. The molecule has 0 amide bonds. The molecule has 0 bridgehead atoms. The molecule has 0 aliphatic heterocycles. The molecule has 0 spiro atoms. The number of benzene rings is 1. The van der Waals surface area contributed by atoms with E-state index < -0.39 is 42.8 Å². The zero-order valence-electron chi connectivity index (χ0n) is 11.6. The van der Waals surface area contributed by atoms with Crippen LogP contribution in [0.15, 0.2) is 23.1 Å². The highest BCUT2D eigenvalue weighted by atomic mass is 32.2. The van der Waals surface area contributed by atoms with Crippen molar-refractivity contribution >= 4 is 15.7 Å². The van der Waals surface area contributed by atoms with Gasteiger partial charge in [0.15, 0.2) is 0 Å². The summed E-state index contributed by atoms with van der Waals surface area (Å²) in [4.78, 5) is 8.43. The molecule has 11 heteroatoms. The maximum Gasteiger partial charge on any atom is 0.417 e. The first kappa shape index (κ1) is 18.3. The van der Waals surface area contributed by atoms with Gasteiger partial charge in [-0.25, -0.2) is 13.1 Å². The molecule has 0 radical (unpaired) electrons. The van der Waals surface area contributed by atoms with Crippen molar-refractivity contribution in [1.29, 1.82) is 0 Å². The topological polar surface area (TPSA) is 115 Å². The van der Waals surface area contributed by atoms with Gasteiger partial charge in [0.05, 0.1) is 15.4 Å². The van der Waals surface area contributed by atoms with E-state index in [0.717, 1.165) is 0 Å². The Morgan fingerprint density at radius 1 is 1.32 bits per heavy atom. The SMILES string of the molecule is CC(C)(N)CNS(=O)(=O)c1ccc([N+](=O)[O-])cc1C(F)(F)F. The first-order valence-electron chi connectivity index (χ1n) is 5.88. The average molecular weight is 341 g/mol. The molecule has 1 aromatic carbocycles. The van der Waals surface area contributed by atoms with E-state index in [-0.39, 0.29) is 12.6 Å². The van der Waals surface area contributed by atoms with Crippen LogP contribution in [0.2, 0.25) is 0 Å². The molecule has 3 N–H and O–H groups in total. The highest BCUT2D eigenvalue weighted by Crippen LogP contribution is 2.36. The van der Waals surface area contributed by atoms with Gasteiger partial charge in [0.2, 0.25) is 10.0 Å². The molecule has 7 nitrogen and oxygen atoms in total. The number of nitrogens with one attached hydrogen (secondary N) is 1. The van der Waals surface area contributed by atoms with E-state index in [1.165, 1.54) is 13.8 Å². The first-order valence-corrected chi connectivity index (χ1v) is 7.36. The van der Waals surface area contributed by atoms with Crippen LogP contribution in [-0.4, -0.2) is 25.4 Å². The van der Waals surface area contributed by atoms with Crippen LogP contribution < -0.4 is 10.5 Å². The molecular weight excluding hydrogens is 327 g/mol. The van der Waals surface area contributed by atoms with Crippen molar-refractivity contribution in [3.05, 3.63) is 33.9 Å². The van der Waals surface area contributed by atoms with Gasteiger partial charge < -0.3 is 5.73 Å². The molecule has 22 heavy (non-hydrogen) atoms. The highest BCUT2D eigenvalue weighted by molar-refractivity contribution is 7.89. The standard InChI is InChI=1S/C11H14F3N3O4S/c1-10(2,15)6-16-22(20,21)9-4-3-7(17(18)19)5-8(9)11(12,13)14/h3-5,16H,6,15H2,1-2H3. The third-order valence-electron chi connectivity index (χ3n) is 2.49. The number of hydrogen-bond donors (Lipinski definition) is 2. The lowest BCUT2D eigenvalue weighted by Gasteiger charge is -2.20. The number of alkyl halides is 3. The Morgan fingerprint density at radius 2 is 1.86 bits per heavy atom.